The average Bonchev–Trinajstić information content (AvgIpc) is 3.14. The fourth-order valence-corrected chi connectivity index (χ4v) is 4.57. The summed E-state index contributed by atoms with van der Waals surface area (Å²) in [5.74, 6) is 0.0558. The smallest absolute Gasteiger partial charge is 0.242 e. The van der Waals surface area contributed by atoms with Gasteiger partial charge < -0.3 is 9.80 Å². The van der Waals surface area contributed by atoms with E-state index in [-0.39, 0.29) is 24.4 Å². The Kier molecular flexibility index (Phi) is 5.77. The first-order valence-corrected chi connectivity index (χ1v) is 10.1. The second-order valence-corrected chi connectivity index (χ2v) is 7.66. The number of likely N-dealkylation sites (N-methyl/N-ethyl adjacent to an activating group) is 1. The van der Waals surface area contributed by atoms with E-state index in [2.05, 4.69) is 30.5 Å². The predicted molar refractivity (Wildman–Crippen MR) is 105 cm³/mol. The highest BCUT2D eigenvalue weighted by Crippen LogP contribution is 2.38. The highest BCUT2D eigenvalue weighted by atomic mass is 32.1. The molecule has 0 radical (unpaired) electrons. The van der Waals surface area contributed by atoms with E-state index in [1.54, 1.807) is 16.2 Å². The Morgan fingerprint density at radius 3 is 2.65 bits per heavy atom. The third-order valence-electron chi connectivity index (χ3n) is 5.13. The van der Waals surface area contributed by atoms with Gasteiger partial charge in [-0.05, 0) is 48.4 Å². The molecule has 0 bridgehead atoms. The van der Waals surface area contributed by atoms with Crippen molar-refractivity contribution >= 4 is 23.2 Å². The molecule has 26 heavy (non-hydrogen) atoms. The van der Waals surface area contributed by atoms with E-state index in [4.69, 9.17) is 0 Å². The molecule has 0 unspecified atom stereocenters. The Balaban J connectivity index is 1.94. The van der Waals surface area contributed by atoms with E-state index in [1.807, 2.05) is 30.9 Å². The summed E-state index contributed by atoms with van der Waals surface area (Å²) >= 11 is 1.77. The number of aryl methyl sites for hydroxylation is 1. The zero-order valence-electron chi connectivity index (χ0n) is 15.7. The van der Waals surface area contributed by atoms with Crippen molar-refractivity contribution in [3.8, 4) is 0 Å². The van der Waals surface area contributed by atoms with E-state index < -0.39 is 0 Å². The molecule has 138 valence electrons. The Labute approximate surface area is 159 Å². The molecule has 1 atom stereocenters. The number of carbonyl (C=O) groups is 2. The SMILES string of the molecule is CCC(=O)N(CC)CC(=O)N1CCc2sccc2[C@@H]1c1ccccc1C. The summed E-state index contributed by atoms with van der Waals surface area (Å²) in [6, 6.07) is 10.4. The van der Waals surface area contributed by atoms with Crippen molar-refractivity contribution in [3.05, 3.63) is 57.3 Å². The normalized spacial score (nSPS) is 16.3. The van der Waals surface area contributed by atoms with Crippen LogP contribution in [0.3, 0.4) is 0 Å². The molecule has 0 spiro atoms. The number of carbonyl (C=O) groups excluding carboxylic acids is 2. The van der Waals surface area contributed by atoms with Crippen LogP contribution in [0, 0.1) is 6.92 Å². The Bertz CT molecular complexity index is 799. The van der Waals surface area contributed by atoms with Gasteiger partial charge in [0, 0.05) is 24.4 Å². The summed E-state index contributed by atoms with van der Waals surface area (Å²) < 4.78 is 0. The first kappa shape index (κ1) is 18.6. The van der Waals surface area contributed by atoms with Gasteiger partial charge in [0.25, 0.3) is 0 Å². The van der Waals surface area contributed by atoms with Crippen molar-refractivity contribution in [2.24, 2.45) is 0 Å². The minimum absolute atomic E-state index is 0.0266. The van der Waals surface area contributed by atoms with Crippen molar-refractivity contribution in [3.63, 3.8) is 0 Å². The van der Waals surface area contributed by atoms with Crippen molar-refractivity contribution in [1.29, 1.82) is 0 Å². The standard InChI is InChI=1S/C21H26N2O2S/c1-4-19(24)22(5-2)14-20(25)23-12-10-18-17(11-13-26-18)21(23)16-9-7-6-8-15(16)3/h6-9,11,13,21H,4-5,10,12,14H2,1-3H3/t21-/m0/s1. The van der Waals surface area contributed by atoms with Crippen LogP contribution in [0.25, 0.3) is 0 Å². The third kappa shape index (κ3) is 3.54. The lowest BCUT2D eigenvalue weighted by Gasteiger charge is -2.38. The molecular formula is C21H26N2O2S. The molecule has 2 aromatic rings. The maximum absolute atomic E-state index is 13.1. The van der Waals surface area contributed by atoms with Crippen LogP contribution < -0.4 is 0 Å². The van der Waals surface area contributed by atoms with Gasteiger partial charge in [-0.25, -0.2) is 0 Å². The lowest BCUT2D eigenvalue weighted by molar-refractivity contribution is -0.141. The van der Waals surface area contributed by atoms with Crippen LogP contribution in [0.1, 0.15) is 47.9 Å². The lowest BCUT2D eigenvalue weighted by Crippen LogP contribution is -2.46. The van der Waals surface area contributed by atoms with E-state index in [1.165, 1.54) is 21.6 Å². The zero-order chi connectivity index (χ0) is 18.7. The van der Waals surface area contributed by atoms with Crippen LogP contribution in [0.15, 0.2) is 35.7 Å². The first-order valence-electron chi connectivity index (χ1n) is 9.25. The molecule has 0 N–H and O–H groups in total. The first-order chi connectivity index (χ1) is 12.6. The summed E-state index contributed by atoms with van der Waals surface area (Å²) in [6.07, 6.45) is 1.31. The number of hydrogen-bond donors (Lipinski definition) is 0. The van der Waals surface area contributed by atoms with Crippen molar-refractivity contribution in [1.82, 2.24) is 9.80 Å². The molecule has 0 fully saturated rings. The molecule has 3 rings (SSSR count). The maximum Gasteiger partial charge on any atom is 0.242 e. The molecule has 1 aromatic heterocycles. The highest BCUT2D eigenvalue weighted by molar-refractivity contribution is 7.10. The van der Waals surface area contributed by atoms with Crippen LogP contribution in [0.4, 0.5) is 0 Å². The van der Waals surface area contributed by atoms with Gasteiger partial charge in [0.2, 0.25) is 11.8 Å². The number of amides is 2. The van der Waals surface area contributed by atoms with Gasteiger partial charge in [-0.2, -0.15) is 0 Å². The maximum atomic E-state index is 13.1. The number of benzene rings is 1. The largest absolute Gasteiger partial charge is 0.334 e. The second-order valence-electron chi connectivity index (χ2n) is 6.66. The number of hydrogen-bond acceptors (Lipinski definition) is 3. The molecule has 2 amide bonds. The molecule has 1 aromatic carbocycles. The van der Waals surface area contributed by atoms with Gasteiger partial charge in [0.05, 0.1) is 12.6 Å². The minimum atomic E-state index is -0.0610. The Morgan fingerprint density at radius 1 is 1.19 bits per heavy atom. The fraction of sp³-hybridized carbons (Fsp3) is 0.429. The Hall–Kier alpha value is -2.14. The van der Waals surface area contributed by atoms with Gasteiger partial charge in [0.1, 0.15) is 0 Å². The molecule has 0 saturated heterocycles. The van der Waals surface area contributed by atoms with Crippen molar-refractivity contribution in [2.45, 2.75) is 39.7 Å². The minimum Gasteiger partial charge on any atom is -0.334 e. The van der Waals surface area contributed by atoms with Gasteiger partial charge in [-0.15, -0.1) is 11.3 Å². The number of thiophene rings is 1. The average molecular weight is 371 g/mol. The van der Waals surface area contributed by atoms with Gasteiger partial charge in [-0.1, -0.05) is 31.2 Å². The highest BCUT2D eigenvalue weighted by Gasteiger charge is 2.34. The van der Waals surface area contributed by atoms with Crippen LogP contribution in [-0.2, 0) is 16.0 Å². The van der Waals surface area contributed by atoms with Crippen LogP contribution in [0.2, 0.25) is 0 Å². The summed E-state index contributed by atoms with van der Waals surface area (Å²) in [7, 11) is 0. The van der Waals surface area contributed by atoms with Crippen LogP contribution in [0.5, 0.6) is 0 Å². The molecule has 0 saturated carbocycles. The van der Waals surface area contributed by atoms with Gasteiger partial charge >= 0.3 is 0 Å². The topological polar surface area (TPSA) is 40.6 Å². The number of rotatable bonds is 5. The van der Waals surface area contributed by atoms with Crippen molar-refractivity contribution < 1.29 is 9.59 Å². The second kappa shape index (κ2) is 8.04. The predicted octanol–water partition coefficient (Wildman–Crippen LogP) is 3.79. The fourth-order valence-electron chi connectivity index (χ4n) is 3.67. The number of fused-ring (bicyclic) bond motifs is 1. The van der Waals surface area contributed by atoms with E-state index in [0.29, 0.717) is 19.5 Å². The third-order valence-corrected chi connectivity index (χ3v) is 6.13. The molecule has 4 nitrogen and oxygen atoms in total. The van der Waals surface area contributed by atoms with Gasteiger partial charge in [-0.3, -0.25) is 9.59 Å². The molecule has 1 aliphatic heterocycles. The van der Waals surface area contributed by atoms with E-state index in [9.17, 15) is 9.59 Å². The molecular weight excluding hydrogens is 344 g/mol. The molecule has 2 heterocycles. The van der Waals surface area contributed by atoms with Gasteiger partial charge in [0.15, 0.2) is 0 Å². The number of nitrogens with zero attached hydrogens (tertiary/aromatic N) is 2. The summed E-state index contributed by atoms with van der Waals surface area (Å²) in [6.45, 7) is 7.27. The monoisotopic (exact) mass is 370 g/mol. The van der Waals surface area contributed by atoms with Crippen LogP contribution >= 0.6 is 11.3 Å². The quantitative estimate of drug-likeness (QED) is 0.803. The van der Waals surface area contributed by atoms with E-state index in [0.717, 1.165) is 6.42 Å². The van der Waals surface area contributed by atoms with Crippen molar-refractivity contribution in [2.75, 3.05) is 19.6 Å². The molecule has 1 aliphatic rings. The summed E-state index contributed by atoms with van der Waals surface area (Å²) in [5, 5.41) is 2.11. The molecule has 0 aliphatic carbocycles. The zero-order valence-corrected chi connectivity index (χ0v) is 16.5. The van der Waals surface area contributed by atoms with E-state index >= 15 is 0 Å². The Morgan fingerprint density at radius 2 is 1.96 bits per heavy atom. The van der Waals surface area contributed by atoms with Crippen LogP contribution in [-0.4, -0.2) is 41.2 Å². The summed E-state index contributed by atoms with van der Waals surface area (Å²) in [4.78, 5) is 30.2. The summed E-state index contributed by atoms with van der Waals surface area (Å²) in [5.41, 5.74) is 3.59. The molecule has 5 heteroatoms. The lowest BCUT2D eigenvalue weighted by atomic mass is 9.90.